The van der Waals surface area contributed by atoms with Gasteiger partial charge in [-0.1, -0.05) is 11.6 Å². The lowest BCUT2D eigenvalue weighted by Crippen LogP contribution is -1.99. The van der Waals surface area contributed by atoms with Crippen molar-refractivity contribution < 1.29 is 4.74 Å². The predicted molar refractivity (Wildman–Crippen MR) is 115 cm³/mol. The summed E-state index contributed by atoms with van der Waals surface area (Å²) in [7, 11) is 0. The molecular formula is C23H20ClN3O. The number of rotatable bonds is 4. The first kappa shape index (κ1) is 18.3. The molecule has 0 unspecified atom stereocenters. The monoisotopic (exact) mass is 389 g/mol. The zero-order valence-corrected chi connectivity index (χ0v) is 16.7. The van der Waals surface area contributed by atoms with E-state index in [0.29, 0.717) is 5.02 Å². The van der Waals surface area contributed by atoms with Gasteiger partial charge < -0.3 is 10.1 Å². The summed E-state index contributed by atoms with van der Waals surface area (Å²) in [5.41, 5.74) is 5.40. The minimum Gasteiger partial charge on any atom is -0.457 e. The highest BCUT2D eigenvalue weighted by atomic mass is 35.5. The topological polar surface area (TPSA) is 47.0 Å². The van der Waals surface area contributed by atoms with Crippen LogP contribution >= 0.6 is 11.6 Å². The average molecular weight is 390 g/mol. The summed E-state index contributed by atoms with van der Waals surface area (Å²) in [6, 6.07) is 17.5. The highest BCUT2D eigenvalue weighted by Crippen LogP contribution is 2.30. The summed E-state index contributed by atoms with van der Waals surface area (Å²) in [4.78, 5) is 8.84. The van der Waals surface area contributed by atoms with Crippen molar-refractivity contribution in [2.24, 2.45) is 0 Å². The van der Waals surface area contributed by atoms with Crippen LogP contribution in [0.1, 0.15) is 16.7 Å². The third-order valence-corrected chi connectivity index (χ3v) is 5.00. The van der Waals surface area contributed by atoms with Crippen molar-refractivity contribution in [1.82, 2.24) is 9.97 Å². The number of nitrogens with zero attached hydrogens (tertiary/aromatic N) is 2. The second-order valence-corrected chi connectivity index (χ2v) is 7.27. The van der Waals surface area contributed by atoms with E-state index in [9.17, 15) is 0 Å². The minimum atomic E-state index is 0.686. The first-order valence-corrected chi connectivity index (χ1v) is 9.40. The van der Waals surface area contributed by atoms with Crippen LogP contribution in [0.4, 0.5) is 11.5 Å². The SMILES string of the molecule is Cc1cc2ncnc(Nc3ccc(Oc4ccc(Cl)cc4)cc3C)c2cc1C. The van der Waals surface area contributed by atoms with E-state index in [4.69, 9.17) is 16.3 Å². The van der Waals surface area contributed by atoms with Crippen LogP contribution in [0, 0.1) is 20.8 Å². The quantitative estimate of drug-likeness (QED) is 0.419. The molecule has 0 amide bonds. The number of nitrogens with one attached hydrogen (secondary N) is 1. The van der Waals surface area contributed by atoms with E-state index in [1.165, 1.54) is 11.1 Å². The van der Waals surface area contributed by atoms with E-state index in [0.717, 1.165) is 39.5 Å². The molecule has 0 saturated heterocycles. The molecule has 0 saturated carbocycles. The number of aromatic nitrogens is 2. The fourth-order valence-corrected chi connectivity index (χ4v) is 3.15. The molecule has 5 heteroatoms. The first-order chi connectivity index (χ1) is 13.5. The van der Waals surface area contributed by atoms with Crippen LogP contribution in [-0.2, 0) is 0 Å². The number of fused-ring (bicyclic) bond motifs is 1. The maximum absolute atomic E-state index is 5.92. The zero-order valence-electron chi connectivity index (χ0n) is 16.0. The molecule has 0 aliphatic heterocycles. The van der Waals surface area contributed by atoms with Gasteiger partial charge >= 0.3 is 0 Å². The molecule has 140 valence electrons. The Bertz CT molecular complexity index is 1160. The summed E-state index contributed by atoms with van der Waals surface area (Å²) in [5, 5.41) is 5.13. The van der Waals surface area contributed by atoms with Gasteiger partial charge in [-0.05, 0) is 92.1 Å². The molecule has 1 N–H and O–H groups in total. The molecule has 1 aromatic heterocycles. The van der Waals surface area contributed by atoms with E-state index in [2.05, 4.69) is 41.3 Å². The Hall–Kier alpha value is -3.11. The van der Waals surface area contributed by atoms with Crippen LogP contribution in [0.25, 0.3) is 10.9 Å². The summed E-state index contributed by atoms with van der Waals surface area (Å²) in [6.45, 7) is 6.23. The Morgan fingerprint density at radius 1 is 0.786 bits per heavy atom. The molecule has 0 radical (unpaired) electrons. The maximum Gasteiger partial charge on any atom is 0.141 e. The van der Waals surface area contributed by atoms with Gasteiger partial charge in [0.05, 0.1) is 5.52 Å². The normalized spacial score (nSPS) is 10.9. The Morgan fingerprint density at radius 3 is 2.25 bits per heavy atom. The molecule has 0 aliphatic rings. The highest BCUT2D eigenvalue weighted by Gasteiger charge is 2.09. The highest BCUT2D eigenvalue weighted by molar-refractivity contribution is 6.30. The Balaban J connectivity index is 1.61. The van der Waals surface area contributed by atoms with E-state index in [-0.39, 0.29) is 0 Å². The van der Waals surface area contributed by atoms with Crippen molar-refractivity contribution in [2.45, 2.75) is 20.8 Å². The van der Waals surface area contributed by atoms with Crippen LogP contribution in [0.3, 0.4) is 0 Å². The van der Waals surface area contributed by atoms with E-state index < -0.39 is 0 Å². The molecule has 0 bridgehead atoms. The van der Waals surface area contributed by atoms with E-state index >= 15 is 0 Å². The Kier molecular flexibility index (Phi) is 4.88. The molecule has 0 spiro atoms. The molecule has 28 heavy (non-hydrogen) atoms. The molecule has 3 aromatic carbocycles. The van der Waals surface area contributed by atoms with Gasteiger partial charge in [-0.3, -0.25) is 0 Å². The largest absolute Gasteiger partial charge is 0.457 e. The summed E-state index contributed by atoms with van der Waals surface area (Å²) >= 11 is 5.92. The molecule has 4 aromatic rings. The van der Waals surface area contributed by atoms with E-state index in [1.807, 2.05) is 49.4 Å². The number of hydrogen-bond donors (Lipinski definition) is 1. The van der Waals surface area contributed by atoms with Crippen molar-refractivity contribution in [3.05, 3.63) is 82.6 Å². The fraction of sp³-hybridized carbons (Fsp3) is 0.130. The standard InChI is InChI=1S/C23H20ClN3O/c1-14-11-20-22(12-15(14)2)25-13-26-23(20)27-21-9-8-19(10-16(21)3)28-18-6-4-17(24)5-7-18/h4-13H,1-3H3,(H,25,26,27). The molecule has 1 heterocycles. The van der Waals surface area contributed by atoms with Crippen LogP contribution in [0.5, 0.6) is 11.5 Å². The Morgan fingerprint density at radius 2 is 1.50 bits per heavy atom. The second-order valence-electron chi connectivity index (χ2n) is 6.83. The van der Waals surface area contributed by atoms with E-state index in [1.54, 1.807) is 6.33 Å². The van der Waals surface area contributed by atoms with Crippen LogP contribution in [0.2, 0.25) is 5.02 Å². The van der Waals surface area contributed by atoms with Gasteiger partial charge in [-0.15, -0.1) is 0 Å². The molecule has 0 aliphatic carbocycles. The number of benzene rings is 3. The van der Waals surface area contributed by atoms with Crippen LogP contribution < -0.4 is 10.1 Å². The van der Waals surface area contributed by atoms with Gasteiger partial charge in [-0.25, -0.2) is 9.97 Å². The minimum absolute atomic E-state index is 0.686. The lowest BCUT2D eigenvalue weighted by molar-refractivity contribution is 0.482. The third-order valence-electron chi connectivity index (χ3n) is 4.75. The fourth-order valence-electron chi connectivity index (χ4n) is 3.02. The van der Waals surface area contributed by atoms with Gasteiger partial charge in [-0.2, -0.15) is 0 Å². The van der Waals surface area contributed by atoms with Crippen molar-refractivity contribution in [3.8, 4) is 11.5 Å². The van der Waals surface area contributed by atoms with Crippen LogP contribution in [-0.4, -0.2) is 9.97 Å². The lowest BCUT2D eigenvalue weighted by Gasteiger charge is -2.13. The average Bonchev–Trinajstić information content (AvgIpc) is 2.67. The molecule has 4 rings (SSSR count). The zero-order chi connectivity index (χ0) is 19.7. The smallest absolute Gasteiger partial charge is 0.141 e. The summed E-state index contributed by atoms with van der Waals surface area (Å²) < 4.78 is 5.91. The summed E-state index contributed by atoms with van der Waals surface area (Å²) in [5.74, 6) is 2.31. The van der Waals surface area contributed by atoms with Gasteiger partial charge in [0, 0.05) is 16.1 Å². The number of halogens is 1. The van der Waals surface area contributed by atoms with Gasteiger partial charge in [0.1, 0.15) is 23.6 Å². The van der Waals surface area contributed by atoms with Gasteiger partial charge in [0.25, 0.3) is 0 Å². The predicted octanol–water partition coefficient (Wildman–Crippen LogP) is 6.74. The third kappa shape index (κ3) is 3.78. The van der Waals surface area contributed by atoms with Crippen molar-refractivity contribution in [3.63, 3.8) is 0 Å². The molecule has 0 fully saturated rings. The van der Waals surface area contributed by atoms with Gasteiger partial charge in [0.15, 0.2) is 0 Å². The Labute approximate surface area is 169 Å². The molecular weight excluding hydrogens is 370 g/mol. The first-order valence-electron chi connectivity index (χ1n) is 9.02. The lowest BCUT2D eigenvalue weighted by atomic mass is 10.1. The summed E-state index contributed by atoms with van der Waals surface area (Å²) in [6.07, 6.45) is 1.59. The van der Waals surface area contributed by atoms with Crippen molar-refractivity contribution >= 4 is 34.0 Å². The van der Waals surface area contributed by atoms with Gasteiger partial charge in [0.2, 0.25) is 0 Å². The van der Waals surface area contributed by atoms with Crippen molar-refractivity contribution in [2.75, 3.05) is 5.32 Å². The number of ether oxygens (including phenoxy) is 1. The number of aryl methyl sites for hydroxylation is 3. The van der Waals surface area contributed by atoms with Crippen LogP contribution in [0.15, 0.2) is 60.9 Å². The number of hydrogen-bond acceptors (Lipinski definition) is 4. The molecule has 0 atom stereocenters. The number of anilines is 2. The maximum atomic E-state index is 5.92. The van der Waals surface area contributed by atoms with Crippen molar-refractivity contribution in [1.29, 1.82) is 0 Å². The second kappa shape index (κ2) is 7.49. The molecule has 4 nitrogen and oxygen atoms in total.